The standard InChI is InChI=1S/C12H9ClN4/c13-10-5-6-14-11(17-10)7-12-15-8-3-1-2-4-9(8)16-12/h1-6H,7H2,(H,15,16). The minimum atomic E-state index is 0.450. The predicted octanol–water partition coefficient (Wildman–Crippen LogP) is 2.60. The summed E-state index contributed by atoms with van der Waals surface area (Å²) in [5.74, 6) is 1.50. The lowest BCUT2D eigenvalue weighted by Crippen LogP contribution is -1.97. The summed E-state index contributed by atoms with van der Waals surface area (Å²) in [5, 5.41) is 0.450. The van der Waals surface area contributed by atoms with Crippen molar-refractivity contribution in [1.29, 1.82) is 0 Å². The minimum Gasteiger partial charge on any atom is -0.342 e. The Hall–Kier alpha value is -1.94. The first-order valence-corrected chi connectivity index (χ1v) is 5.60. The van der Waals surface area contributed by atoms with Crippen molar-refractivity contribution >= 4 is 22.6 Å². The second kappa shape index (κ2) is 4.14. The maximum atomic E-state index is 5.81. The summed E-state index contributed by atoms with van der Waals surface area (Å²) in [6.07, 6.45) is 2.20. The summed E-state index contributed by atoms with van der Waals surface area (Å²) < 4.78 is 0. The number of benzene rings is 1. The van der Waals surface area contributed by atoms with Crippen LogP contribution in [-0.4, -0.2) is 19.9 Å². The van der Waals surface area contributed by atoms with Crippen molar-refractivity contribution in [3.8, 4) is 0 Å². The summed E-state index contributed by atoms with van der Waals surface area (Å²) >= 11 is 5.81. The largest absolute Gasteiger partial charge is 0.342 e. The molecule has 0 bridgehead atoms. The molecule has 0 spiro atoms. The second-order valence-corrected chi connectivity index (χ2v) is 4.06. The molecule has 0 saturated carbocycles. The molecule has 0 atom stereocenters. The summed E-state index contributed by atoms with van der Waals surface area (Å²) in [7, 11) is 0. The molecule has 0 saturated heterocycles. The highest BCUT2D eigenvalue weighted by Gasteiger charge is 2.05. The third-order valence-corrected chi connectivity index (χ3v) is 2.65. The van der Waals surface area contributed by atoms with Gasteiger partial charge in [0.1, 0.15) is 16.8 Å². The molecule has 0 aliphatic heterocycles. The van der Waals surface area contributed by atoms with E-state index in [1.54, 1.807) is 12.3 Å². The molecule has 0 unspecified atom stereocenters. The van der Waals surface area contributed by atoms with Gasteiger partial charge >= 0.3 is 0 Å². The van der Waals surface area contributed by atoms with Crippen LogP contribution in [0.5, 0.6) is 0 Å². The molecule has 5 heteroatoms. The van der Waals surface area contributed by atoms with E-state index in [2.05, 4.69) is 19.9 Å². The van der Waals surface area contributed by atoms with Gasteiger partial charge in [-0.3, -0.25) is 0 Å². The Bertz CT molecular complexity index is 629. The number of aromatic nitrogens is 4. The van der Waals surface area contributed by atoms with Crippen LogP contribution in [0.1, 0.15) is 11.6 Å². The van der Waals surface area contributed by atoms with Crippen molar-refractivity contribution in [3.05, 3.63) is 53.3 Å². The molecule has 3 aromatic rings. The van der Waals surface area contributed by atoms with Crippen LogP contribution < -0.4 is 0 Å². The van der Waals surface area contributed by atoms with Crippen LogP contribution in [0.15, 0.2) is 36.5 Å². The molecule has 2 heterocycles. The topological polar surface area (TPSA) is 54.5 Å². The molecule has 0 radical (unpaired) electrons. The van der Waals surface area contributed by atoms with Gasteiger partial charge in [-0.25, -0.2) is 15.0 Å². The monoisotopic (exact) mass is 244 g/mol. The second-order valence-electron chi connectivity index (χ2n) is 3.67. The molecule has 4 nitrogen and oxygen atoms in total. The zero-order valence-corrected chi connectivity index (χ0v) is 9.65. The van der Waals surface area contributed by atoms with E-state index in [0.29, 0.717) is 17.4 Å². The predicted molar refractivity (Wildman–Crippen MR) is 65.9 cm³/mol. The Morgan fingerprint density at radius 3 is 2.82 bits per heavy atom. The average molecular weight is 245 g/mol. The number of nitrogens with zero attached hydrogens (tertiary/aromatic N) is 3. The summed E-state index contributed by atoms with van der Waals surface area (Å²) in [6, 6.07) is 9.55. The first-order chi connectivity index (χ1) is 8.31. The zero-order valence-electron chi connectivity index (χ0n) is 8.89. The number of rotatable bonds is 2. The van der Waals surface area contributed by atoms with Gasteiger partial charge in [0.05, 0.1) is 17.5 Å². The highest BCUT2D eigenvalue weighted by atomic mass is 35.5. The number of para-hydroxylation sites is 2. The number of H-pyrrole nitrogens is 1. The fourth-order valence-corrected chi connectivity index (χ4v) is 1.85. The minimum absolute atomic E-state index is 0.450. The van der Waals surface area contributed by atoms with Crippen molar-refractivity contribution in [2.45, 2.75) is 6.42 Å². The van der Waals surface area contributed by atoms with E-state index < -0.39 is 0 Å². The van der Waals surface area contributed by atoms with Gasteiger partial charge in [0, 0.05) is 6.20 Å². The Labute approximate surface area is 103 Å². The Morgan fingerprint density at radius 1 is 1.12 bits per heavy atom. The van der Waals surface area contributed by atoms with Crippen LogP contribution in [0.4, 0.5) is 0 Å². The van der Waals surface area contributed by atoms with Gasteiger partial charge in [-0.2, -0.15) is 0 Å². The number of imidazole rings is 1. The van der Waals surface area contributed by atoms with E-state index in [-0.39, 0.29) is 0 Å². The first-order valence-electron chi connectivity index (χ1n) is 5.22. The maximum absolute atomic E-state index is 5.81. The lowest BCUT2D eigenvalue weighted by atomic mass is 10.3. The molecule has 1 N–H and O–H groups in total. The van der Waals surface area contributed by atoms with Crippen molar-refractivity contribution in [3.63, 3.8) is 0 Å². The van der Waals surface area contributed by atoms with E-state index in [0.717, 1.165) is 16.9 Å². The number of halogens is 1. The van der Waals surface area contributed by atoms with Gasteiger partial charge in [-0.15, -0.1) is 0 Å². The van der Waals surface area contributed by atoms with Crippen LogP contribution in [-0.2, 0) is 6.42 Å². The third kappa shape index (κ3) is 2.12. The van der Waals surface area contributed by atoms with E-state index in [1.807, 2.05) is 24.3 Å². The first kappa shape index (κ1) is 10.2. The quantitative estimate of drug-likeness (QED) is 0.705. The molecule has 0 amide bonds. The molecule has 3 rings (SSSR count). The summed E-state index contributed by atoms with van der Waals surface area (Å²) in [4.78, 5) is 16.0. The van der Waals surface area contributed by atoms with Crippen molar-refractivity contribution in [2.75, 3.05) is 0 Å². The molecule has 1 aromatic carbocycles. The fourth-order valence-electron chi connectivity index (χ4n) is 1.70. The normalized spacial score (nSPS) is 10.9. The van der Waals surface area contributed by atoms with Gasteiger partial charge in [-0.1, -0.05) is 23.7 Å². The van der Waals surface area contributed by atoms with Crippen LogP contribution in [0.25, 0.3) is 11.0 Å². The lowest BCUT2D eigenvalue weighted by Gasteiger charge is -1.96. The van der Waals surface area contributed by atoms with Gasteiger partial charge < -0.3 is 4.98 Å². The van der Waals surface area contributed by atoms with Gasteiger partial charge in [0.25, 0.3) is 0 Å². The molecule has 0 aliphatic carbocycles. The van der Waals surface area contributed by atoms with E-state index >= 15 is 0 Å². The SMILES string of the molecule is Clc1ccnc(Cc2nc3ccccc3[nH]2)n1. The molecule has 17 heavy (non-hydrogen) atoms. The zero-order chi connectivity index (χ0) is 11.7. The molecular weight excluding hydrogens is 236 g/mol. The summed E-state index contributed by atoms with van der Waals surface area (Å²) in [6.45, 7) is 0. The Balaban J connectivity index is 1.94. The molecule has 0 fully saturated rings. The Kier molecular flexibility index (Phi) is 2.49. The smallest absolute Gasteiger partial charge is 0.137 e. The molecule has 2 aromatic heterocycles. The third-order valence-electron chi connectivity index (χ3n) is 2.44. The van der Waals surface area contributed by atoms with Gasteiger partial charge in [-0.05, 0) is 18.2 Å². The Morgan fingerprint density at radius 2 is 2.00 bits per heavy atom. The maximum Gasteiger partial charge on any atom is 0.137 e. The van der Waals surface area contributed by atoms with Crippen LogP contribution >= 0.6 is 11.6 Å². The lowest BCUT2D eigenvalue weighted by molar-refractivity contribution is 0.917. The van der Waals surface area contributed by atoms with Crippen LogP contribution in [0.2, 0.25) is 5.15 Å². The van der Waals surface area contributed by atoms with E-state index in [4.69, 9.17) is 11.6 Å². The fraction of sp³-hybridized carbons (Fsp3) is 0.0833. The average Bonchev–Trinajstić information content (AvgIpc) is 2.71. The number of fused-ring (bicyclic) bond motifs is 1. The van der Waals surface area contributed by atoms with Crippen molar-refractivity contribution < 1.29 is 0 Å². The van der Waals surface area contributed by atoms with Gasteiger partial charge in [0.15, 0.2) is 0 Å². The van der Waals surface area contributed by atoms with Crippen molar-refractivity contribution in [1.82, 2.24) is 19.9 Å². The summed E-state index contributed by atoms with van der Waals surface area (Å²) in [5.41, 5.74) is 1.97. The van der Waals surface area contributed by atoms with Crippen molar-refractivity contribution in [2.24, 2.45) is 0 Å². The van der Waals surface area contributed by atoms with Crippen LogP contribution in [0.3, 0.4) is 0 Å². The molecule has 0 aliphatic rings. The van der Waals surface area contributed by atoms with Crippen LogP contribution in [0, 0.1) is 0 Å². The number of nitrogens with one attached hydrogen (secondary N) is 1. The van der Waals surface area contributed by atoms with E-state index in [1.165, 1.54) is 0 Å². The number of aromatic amines is 1. The highest BCUT2D eigenvalue weighted by molar-refractivity contribution is 6.29. The van der Waals surface area contributed by atoms with E-state index in [9.17, 15) is 0 Å². The molecule has 84 valence electrons. The molecular formula is C12H9ClN4. The number of hydrogen-bond acceptors (Lipinski definition) is 3. The number of hydrogen-bond donors (Lipinski definition) is 1. The van der Waals surface area contributed by atoms with Gasteiger partial charge in [0.2, 0.25) is 0 Å². The highest BCUT2D eigenvalue weighted by Crippen LogP contribution is 2.12.